The fourth-order valence-corrected chi connectivity index (χ4v) is 1.98. The fraction of sp³-hybridized carbons (Fsp3) is 0.833. The van der Waals surface area contributed by atoms with Gasteiger partial charge in [0.1, 0.15) is 0 Å². The summed E-state index contributed by atoms with van der Waals surface area (Å²) in [5, 5.41) is 21.0. The molecule has 18 heavy (non-hydrogen) atoms. The molecule has 1 heterocycles. The van der Waals surface area contributed by atoms with Gasteiger partial charge in [-0.15, -0.1) is 0 Å². The predicted octanol–water partition coefficient (Wildman–Crippen LogP) is 0.509. The van der Waals surface area contributed by atoms with Crippen molar-refractivity contribution in [2.75, 3.05) is 19.6 Å². The van der Waals surface area contributed by atoms with Gasteiger partial charge in [0, 0.05) is 26.1 Å². The number of carbonyl (C=O) groups excluding carboxylic acids is 1. The fourth-order valence-electron chi connectivity index (χ4n) is 1.98. The standard InChI is InChI=1S/C12H22N2O4/c1-8(5-11(16)17)6-13-12(18)14-4-3-9(2)10(15)7-14/h8-10,15H,3-7H2,1-2H3,(H,13,18)(H,16,17). The number of hydrogen-bond donors (Lipinski definition) is 3. The van der Waals surface area contributed by atoms with E-state index in [0.29, 0.717) is 19.6 Å². The molecule has 6 nitrogen and oxygen atoms in total. The average molecular weight is 258 g/mol. The molecule has 0 aromatic heterocycles. The summed E-state index contributed by atoms with van der Waals surface area (Å²) in [7, 11) is 0. The summed E-state index contributed by atoms with van der Waals surface area (Å²) in [6.45, 7) is 5.07. The van der Waals surface area contributed by atoms with Gasteiger partial charge < -0.3 is 20.4 Å². The first kappa shape index (κ1) is 14.8. The molecule has 0 aliphatic carbocycles. The van der Waals surface area contributed by atoms with Gasteiger partial charge in [0.25, 0.3) is 0 Å². The van der Waals surface area contributed by atoms with Crippen molar-refractivity contribution in [3.05, 3.63) is 0 Å². The molecular formula is C12H22N2O4. The zero-order chi connectivity index (χ0) is 13.7. The van der Waals surface area contributed by atoms with Gasteiger partial charge in [0.15, 0.2) is 0 Å². The Hall–Kier alpha value is -1.30. The normalized spacial score (nSPS) is 25.6. The second-order valence-corrected chi connectivity index (χ2v) is 5.17. The zero-order valence-corrected chi connectivity index (χ0v) is 10.9. The number of aliphatic hydroxyl groups excluding tert-OH is 1. The first-order chi connectivity index (χ1) is 8.40. The van der Waals surface area contributed by atoms with Crippen LogP contribution in [0.15, 0.2) is 0 Å². The van der Waals surface area contributed by atoms with Crippen LogP contribution in [-0.2, 0) is 4.79 Å². The quantitative estimate of drug-likeness (QED) is 0.685. The Morgan fingerprint density at radius 1 is 1.50 bits per heavy atom. The highest BCUT2D eigenvalue weighted by Crippen LogP contribution is 2.16. The van der Waals surface area contributed by atoms with E-state index in [0.717, 1.165) is 6.42 Å². The smallest absolute Gasteiger partial charge is 0.317 e. The van der Waals surface area contributed by atoms with Crippen LogP contribution in [0.25, 0.3) is 0 Å². The molecular weight excluding hydrogens is 236 g/mol. The third kappa shape index (κ3) is 4.52. The number of nitrogens with zero attached hydrogens (tertiary/aromatic N) is 1. The minimum atomic E-state index is -0.862. The summed E-state index contributed by atoms with van der Waals surface area (Å²) in [5.74, 6) is -0.737. The molecule has 1 aliphatic rings. The number of amides is 2. The topological polar surface area (TPSA) is 89.9 Å². The molecule has 0 aromatic carbocycles. The number of carbonyl (C=O) groups is 2. The number of urea groups is 1. The number of hydrogen-bond acceptors (Lipinski definition) is 3. The minimum absolute atomic E-state index is 0.0416. The Bertz CT molecular complexity index is 308. The van der Waals surface area contributed by atoms with Crippen molar-refractivity contribution < 1.29 is 19.8 Å². The van der Waals surface area contributed by atoms with Crippen LogP contribution in [0, 0.1) is 11.8 Å². The Labute approximate surface area is 107 Å². The molecule has 0 aromatic rings. The van der Waals surface area contributed by atoms with Crippen molar-refractivity contribution in [2.45, 2.75) is 32.8 Å². The number of piperidine rings is 1. The lowest BCUT2D eigenvalue weighted by atomic mass is 9.96. The third-order valence-corrected chi connectivity index (χ3v) is 3.33. The summed E-state index contributed by atoms with van der Waals surface area (Å²) < 4.78 is 0. The lowest BCUT2D eigenvalue weighted by Crippen LogP contribution is -2.50. The van der Waals surface area contributed by atoms with Gasteiger partial charge >= 0.3 is 12.0 Å². The monoisotopic (exact) mass is 258 g/mol. The predicted molar refractivity (Wildman–Crippen MR) is 66.2 cm³/mol. The van der Waals surface area contributed by atoms with Gasteiger partial charge in [0.05, 0.1) is 6.10 Å². The molecule has 3 unspecified atom stereocenters. The Kier molecular flexibility index (Phi) is 5.40. The van der Waals surface area contributed by atoms with E-state index in [1.165, 1.54) is 0 Å². The van der Waals surface area contributed by atoms with E-state index >= 15 is 0 Å². The van der Waals surface area contributed by atoms with Gasteiger partial charge in [-0.05, 0) is 18.3 Å². The molecule has 3 atom stereocenters. The van der Waals surface area contributed by atoms with E-state index in [9.17, 15) is 14.7 Å². The van der Waals surface area contributed by atoms with Crippen LogP contribution in [0.3, 0.4) is 0 Å². The zero-order valence-electron chi connectivity index (χ0n) is 10.9. The van der Waals surface area contributed by atoms with Crippen LogP contribution < -0.4 is 5.32 Å². The van der Waals surface area contributed by atoms with E-state index in [1.807, 2.05) is 6.92 Å². The Morgan fingerprint density at radius 2 is 2.17 bits per heavy atom. The summed E-state index contributed by atoms with van der Waals surface area (Å²) >= 11 is 0. The summed E-state index contributed by atoms with van der Waals surface area (Å²) in [5.41, 5.74) is 0. The number of carboxylic acid groups (broad SMARTS) is 1. The molecule has 1 saturated heterocycles. The largest absolute Gasteiger partial charge is 0.481 e. The van der Waals surface area contributed by atoms with Gasteiger partial charge in [-0.1, -0.05) is 13.8 Å². The highest BCUT2D eigenvalue weighted by molar-refractivity contribution is 5.74. The number of carboxylic acids is 1. The van der Waals surface area contributed by atoms with Crippen LogP contribution in [0.2, 0.25) is 0 Å². The van der Waals surface area contributed by atoms with Gasteiger partial charge in [-0.3, -0.25) is 4.79 Å². The van der Waals surface area contributed by atoms with E-state index in [2.05, 4.69) is 5.32 Å². The number of nitrogens with one attached hydrogen (secondary N) is 1. The van der Waals surface area contributed by atoms with Gasteiger partial charge in [-0.25, -0.2) is 4.79 Å². The lowest BCUT2D eigenvalue weighted by molar-refractivity contribution is -0.137. The highest BCUT2D eigenvalue weighted by atomic mass is 16.4. The molecule has 104 valence electrons. The van der Waals surface area contributed by atoms with Crippen LogP contribution in [0.4, 0.5) is 4.79 Å². The molecule has 0 bridgehead atoms. The van der Waals surface area contributed by atoms with Crippen molar-refractivity contribution >= 4 is 12.0 Å². The van der Waals surface area contributed by atoms with E-state index < -0.39 is 12.1 Å². The number of likely N-dealkylation sites (tertiary alicyclic amines) is 1. The van der Waals surface area contributed by atoms with Crippen molar-refractivity contribution in [3.63, 3.8) is 0 Å². The first-order valence-corrected chi connectivity index (χ1v) is 6.32. The maximum absolute atomic E-state index is 11.8. The maximum atomic E-state index is 11.8. The van der Waals surface area contributed by atoms with Crippen LogP contribution in [0.1, 0.15) is 26.7 Å². The van der Waals surface area contributed by atoms with E-state index in [1.54, 1.807) is 11.8 Å². The van der Waals surface area contributed by atoms with Crippen molar-refractivity contribution in [3.8, 4) is 0 Å². The van der Waals surface area contributed by atoms with Gasteiger partial charge in [0.2, 0.25) is 0 Å². The molecule has 1 rings (SSSR count). The van der Waals surface area contributed by atoms with Crippen molar-refractivity contribution in [1.82, 2.24) is 10.2 Å². The van der Waals surface area contributed by atoms with Gasteiger partial charge in [-0.2, -0.15) is 0 Å². The number of aliphatic carboxylic acids is 1. The number of rotatable bonds is 4. The maximum Gasteiger partial charge on any atom is 0.317 e. The summed E-state index contributed by atoms with van der Waals surface area (Å²) in [4.78, 5) is 23.9. The summed E-state index contributed by atoms with van der Waals surface area (Å²) in [6.07, 6.45) is 0.361. The number of aliphatic hydroxyl groups is 1. The first-order valence-electron chi connectivity index (χ1n) is 6.32. The van der Waals surface area contributed by atoms with Crippen LogP contribution in [0.5, 0.6) is 0 Å². The molecule has 0 saturated carbocycles. The molecule has 6 heteroatoms. The Morgan fingerprint density at radius 3 is 2.72 bits per heavy atom. The third-order valence-electron chi connectivity index (χ3n) is 3.33. The van der Waals surface area contributed by atoms with Crippen molar-refractivity contribution in [2.24, 2.45) is 11.8 Å². The molecule has 1 aliphatic heterocycles. The molecule has 0 spiro atoms. The average Bonchev–Trinajstić information content (AvgIpc) is 2.28. The second-order valence-electron chi connectivity index (χ2n) is 5.17. The molecule has 3 N–H and O–H groups in total. The number of β-amino-alcohol motifs (C(OH)–C–C–N with tert-alkyl or cyclic N) is 1. The molecule has 0 radical (unpaired) electrons. The molecule has 1 fully saturated rings. The second kappa shape index (κ2) is 6.58. The lowest BCUT2D eigenvalue weighted by Gasteiger charge is -2.34. The minimum Gasteiger partial charge on any atom is -0.481 e. The van der Waals surface area contributed by atoms with Crippen LogP contribution >= 0.6 is 0 Å². The molecule has 2 amide bonds. The SMILES string of the molecule is CC(CNC(=O)N1CCC(C)C(O)C1)CC(=O)O. The van der Waals surface area contributed by atoms with Crippen LogP contribution in [-0.4, -0.2) is 52.9 Å². The van der Waals surface area contributed by atoms with Crippen molar-refractivity contribution in [1.29, 1.82) is 0 Å². The van der Waals surface area contributed by atoms with E-state index in [-0.39, 0.29) is 24.3 Å². The van der Waals surface area contributed by atoms with E-state index in [4.69, 9.17) is 5.11 Å². The highest BCUT2D eigenvalue weighted by Gasteiger charge is 2.27. The summed E-state index contributed by atoms with van der Waals surface area (Å²) in [6, 6.07) is -0.224. The Balaban J connectivity index is 2.30.